The third-order valence-electron chi connectivity index (χ3n) is 7.51. The number of hydrogen-bond donors (Lipinski definition) is 2. The summed E-state index contributed by atoms with van der Waals surface area (Å²) in [6.07, 6.45) is 13.4. The SMILES string of the molecule is C=C(Nc1ccc(N2CCCCC2)nc1)C(=N)c1cc(-c2cncc(CN3CCCCC3)c2)ccc1C. The summed E-state index contributed by atoms with van der Waals surface area (Å²) in [5.41, 5.74) is 7.10. The van der Waals surface area contributed by atoms with Gasteiger partial charge < -0.3 is 10.2 Å². The Hall–Kier alpha value is -3.51. The topological polar surface area (TPSA) is 68.1 Å². The Morgan fingerprint density at radius 1 is 0.892 bits per heavy atom. The van der Waals surface area contributed by atoms with Crippen LogP contribution in [0.5, 0.6) is 0 Å². The van der Waals surface area contributed by atoms with Crippen LogP contribution in [-0.4, -0.2) is 46.8 Å². The Kier molecular flexibility index (Phi) is 7.95. The van der Waals surface area contributed by atoms with Gasteiger partial charge in [-0.25, -0.2) is 4.98 Å². The van der Waals surface area contributed by atoms with E-state index >= 15 is 0 Å². The second-order valence-electron chi connectivity index (χ2n) is 10.4. The summed E-state index contributed by atoms with van der Waals surface area (Å²) in [7, 11) is 0. The molecule has 2 saturated heterocycles. The number of rotatable bonds is 8. The predicted molar refractivity (Wildman–Crippen MR) is 153 cm³/mol. The van der Waals surface area contributed by atoms with Crippen LogP contribution in [0.3, 0.4) is 0 Å². The molecule has 2 fully saturated rings. The molecule has 192 valence electrons. The van der Waals surface area contributed by atoms with E-state index in [9.17, 15) is 0 Å². The molecule has 0 aliphatic carbocycles. The molecule has 0 bridgehead atoms. The molecule has 3 aromatic rings. The van der Waals surface area contributed by atoms with Gasteiger partial charge in [0.25, 0.3) is 0 Å². The van der Waals surface area contributed by atoms with Gasteiger partial charge in [-0.15, -0.1) is 0 Å². The molecule has 0 unspecified atom stereocenters. The first-order chi connectivity index (χ1) is 18.1. The van der Waals surface area contributed by atoms with Gasteiger partial charge in [0, 0.05) is 43.2 Å². The largest absolute Gasteiger partial charge is 0.357 e. The standard InChI is InChI=1S/C31H38N6/c1-23-9-10-26(27-17-25(19-33-20-27)22-36-13-5-3-6-14-36)18-29(23)31(32)24(2)35-28-11-12-30(34-21-28)37-15-7-4-8-16-37/h9-12,17-21,32,35H,2-8,13-16,22H2,1H3. The molecule has 0 radical (unpaired) electrons. The maximum Gasteiger partial charge on any atom is 0.128 e. The Bertz CT molecular complexity index is 1240. The van der Waals surface area contributed by atoms with Gasteiger partial charge in [-0.3, -0.25) is 15.3 Å². The van der Waals surface area contributed by atoms with Crippen LogP contribution in [0.15, 0.2) is 67.3 Å². The van der Waals surface area contributed by atoms with E-state index in [4.69, 9.17) is 5.41 Å². The summed E-state index contributed by atoms with van der Waals surface area (Å²) >= 11 is 0. The van der Waals surface area contributed by atoms with Gasteiger partial charge in [0.15, 0.2) is 0 Å². The number of anilines is 2. The number of hydrogen-bond acceptors (Lipinski definition) is 6. The number of allylic oxidation sites excluding steroid dienone is 1. The predicted octanol–water partition coefficient (Wildman–Crippen LogP) is 6.42. The van der Waals surface area contributed by atoms with Crippen molar-refractivity contribution in [2.45, 2.75) is 52.0 Å². The summed E-state index contributed by atoms with van der Waals surface area (Å²) in [4.78, 5) is 14.0. The average molecular weight is 495 g/mol. The number of benzene rings is 1. The lowest BCUT2D eigenvalue weighted by atomic mass is 9.96. The highest BCUT2D eigenvalue weighted by Gasteiger charge is 2.15. The first-order valence-corrected chi connectivity index (χ1v) is 13.6. The average Bonchev–Trinajstić information content (AvgIpc) is 2.94. The van der Waals surface area contributed by atoms with E-state index in [2.05, 4.69) is 62.0 Å². The van der Waals surface area contributed by atoms with E-state index in [0.717, 1.165) is 53.4 Å². The lowest BCUT2D eigenvalue weighted by Gasteiger charge is -2.27. The molecule has 4 heterocycles. The molecule has 2 aliphatic rings. The number of piperidine rings is 2. The highest BCUT2D eigenvalue weighted by Crippen LogP contribution is 2.26. The number of aryl methyl sites for hydroxylation is 1. The van der Waals surface area contributed by atoms with Crippen LogP contribution in [0.2, 0.25) is 0 Å². The quantitative estimate of drug-likeness (QED) is 0.354. The zero-order valence-electron chi connectivity index (χ0n) is 22.0. The zero-order valence-corrected chi connectivity index (χ0v) is 22.0. The van der Waals surface area contributed by atoms with Crippen LogP contribution in [0.25, 0.3) is 11.1 Å². The van der Waals surface area contributed by atoms with E-state index in [1.807, 2.05) is 31.6 Å². The van der Waals surface area contributed by atoms with E-state index in [0.29, 0.717) is 11.4 Å². The van der Waals surface area contributed by atoms with Crippen molar-refractivity contribution >= 4 is 17.2 Å². The van der Waals surface area contributed by atoms with Crippen LogP contribution in [0.1, 0.15) is 55.2 Å². The third-order valence-corrected chi connectivity index (χ3v) is 7.51. The third kappa shape index (κ3) is 6.25. The number of aromatic nitrogens is 2. The van der Waals surface area contributed by atoms with Crippen LogP contribution < -0.4 is 10.2 Å². The molecule has 2 aromatic heterocycles. The summed E-state index contributed by atoms with van der Waals surface area (Å²) in [6.45, 7) is 11.6. The normalized spacial score (nSPS) is 16.4. The first kappa shape index (κ1) is 25.2. The van der Waals surface area contributed by atoms with Gasteiger partial charge in [0.05, 0.1) is 23.3 Å². The van der Waals surface area contributed by atoms with E-state index in [-0.39, 0.29) is 0 Å². The van der Waals surface area contributed by atoms with Crippen molar-refractivity contribution in [2.75, 3.05) is 36.4 Å². The molecule has 0 spiro atoms. The van der Waals surface area contributed by atoms with Gasteiger partial charge in [-0.2, -0.15) is 0 Å². The van der Waals surface area contributed by atoms with Gasteiger partial charge in [0.1, 0.15) is 5.82 Å². The monoisotopic (exact) mass is 494 g/mol. The lowest BCUT2D eigenvalue weighted by Crippen LogP contribution is -2.30. The van der Waals surface area contributed by atoms with Crippen LogP contribution in [0.4, 0.5) is 11.5 Å². The van der Waals surface area contributed by atoms with Crippen molar-refractivity contribution in [3.05, 3.63) is 84.0 Å². The molecule has 2 N–H and O–H groups in total. The van der Waals surface area contributed by atoms with E-state index in [1.54, 1.807) is 0 Å². The Labute approximate surface area is 221 Å². The van der Waals surface area contributed by atoms with Crippen molar-refractivity contribution in [3.63, 3.8) is 0 Å². The molecule has 2 aliphatic heterocycles. The summed E-state index contributed by atoms with van der Waals surface area (Å²) in [6, 6.07) is 12.6. The first-order valence-electron chi connectivity index (χ1n) is 13.6. The van der Waals surface area contributed by atoms with E-state index < -0.39 is 0 Å². The highest BCUT2D eigenvalue weighted by molar-refractivity contribution is 6.13. The number of nitrogens with one attached hydrogen (secondary N) is 2. The minimum atomic E-state index is 0.386. The second kappa shape index (κ2) is 11.7. The van der Waals surface area contributed by atoms with Crippen LogP contribution in [0, 0.1) is 12.3 Å². The van der Waals surface area contributed by atoms with Crippen molar-refractivity contribution in [2.24, 2.45) is 0 Å². The second-order valence-corrected chi connectivity index (χ2v) is 10.4. The molecule has 6 nitrogen and oxygen atoms in total. The van der Waals surface area contributed by atoms with Crippen molar-refractivity contribution in [3.8, 4) is 11.1 Å². The molecule has 37 heavy (non-hydrogen) atoms. The van der Waals surface area contributed by atoms with Gasteiger partial charge in [-0.1, -0.05) is 25.1 Å². The number of pyridine rings is 2. The van der Waals surface area contributed by atoms with Crippen molar-refractivity contribution < 1.29 is 0 Å². The highest BCUT2D eigenvalue weighted by atomic mass is 15.2. The fourth-order valence-corrected chi connectivity index (χ4v) is 5.35. The molecule has 5 rings (SSSR count). The van der Waals surface area contributed by atoms with Crippen molar-refractivity contribution in [1.82, 2.24) is 14.9 Å². The molecule has 0 amide bonds. The smallest absolute Gasteiger partial charge is 0.128 e. The summed E-state index contributed by atoms with van der Waals surface area (Å²) < 4.78 is 0. The van der Waals surface area contributed by atoms with Gasteiger partial charge in [0.2, 0.25) is 0 Å². The van der Waals surface area contributed by atoms with Crippen LogP contribution >= 0.6 is 0 Å². The molecular weight excluding hydrogens is 456 g/mol. The van der Waals surface area contributed by atoms with E-state index in [1.165, 1.54) is 57.2 Å². The molecule has 1 aromatic carbocycles. The maximum atomic E-state index is 8.89. The fraction of sp³-hybridized carbons (Fsp3) is 0.387. The summed E-state index contributed by atoms with van der Waals surface area (Å²) in [5.74, 6) is 1.02. The lowest BCUT2D eigenvalue weighted by molar-refractivity contribution is 0.220. The molecule has 0 saturated carbocycles. The van der Waals surface area contributed by atoms with Crippen molar-refractivity contribution in [1.29, 1.82) is 5.41 Å². The molecule has 0 atom stereocenters. The fourth-order valence-electron chi connectivity index (χ4n) is 5.35. The molecule has 6 heteroatoms. The summed E-state index contributed by atoms with van der Waals surface area (Å²) in [5, 5.41) is 12.2. The minimum absolute atomic E-state index is 0.386. The molecular formula is C31H38N6. The zero-order chi connectivity index (χ0) is 25.6. The van der Waals surface area contributed by atoms with Gasteiger partial charge in [-0.05, 0) is 93.1 Å². The Morgan fingerprint density at radius 2 is 1.65 bits per heavy atom. The Morgan fingerprint density at radius 3 is 2.38 bits per heavy atom. The maximum absolute atomic E-state index is 8.89. The number of nitrogens with zero attached hydrogens (tertiary/aromatic N) is 4. The van der Waals surface area contributed by atoms with Crippen LogP contribution in [-0.2, 0) is 6.54 Å². The minimum Gasteiger partial charge on any atom is -0.357 e. The number of likely N-dealkylation sites (tertiary alicyclic amines) is 1. The Balaban J connectivity index is 1.27. The van der Waals surface area contributed by atoms with Gasteiger partial charge >= 0.3 is 0 Å².